The van der Waals surface area contributed by atoms with Gasteiger partial charge in [-0.15, -0.1) is 0 Å². The molecule has 0 radical (unpaired) electrons. The predicted molar refractivity (Wildman–Crippen MR) is 80.4 cm³/mol. The number of anilines is 1. The molecule has 1 aliphatic heterocycles. The highest BCUT2D eigenvalue weighted by atomic mass is 32.2. The number of nitrogens with two attached hydrogens (primary N) is 1. The quantitative estimate of drug-likeness (QED) is 0.851. The van der Waals surface area contributed by atoms with E-state index in [1.54, 1.807) is 0 Å². The van der Waals surface area contributed by atoms with Crippen LogP contribution in [0.2, 0.25) is 0 Å². The van der Waals surface area contributed by atoms with Crippen molar-refractivity contribution in [2.24, 2.45) is 5.14 Å². The van der Waals surface area contributed by atoms with E-state index in [0.717, 1.165) is 25.7 Å². The van der Waals surface area contributed by atoms with Crippen LogP contribution >= 0.6 is 0 Å². The van der Waals surface area contributed by atoms with Gasteiger partial charge in [0.1, 0.15) is 0 Å². The number of hydrogen-bond donors (Lipinski definition) is 2. The van der Waals surface area contributed by atoms with E-state index < -0.39 is 20.2 Å². The van der Waals surface area contributed by atoms with E-state index in [2.05, 4.69) is 4.72 Å². The zero-order chi connectivity index (χ0) is 15.5. The minimum absolute atomic E-state index is 0.0554. The van der Waals surface area contributed by atoms with Crippen LogP contribution in [0.5, 0.6) is 0 Å². The lowest BCUT2D eigenvalue weighted by Crippen LogP contribution is -2.36. The molecule has 1 aliphatic rings. The van der Waals surface area contributed by atoms with Crippen molar-refractivity contribution >= 4 is 25.9 Å². The van der Waals surface area contributed by atoms with Gasteiger partial charge in [-0.05, 0) is 37.1 Å². The molecule has 0 amide bonds. The molecular formula is C12H19N3O4S2. The lowest BCUT2D eigenvalue weighted by Gasteiger charge is -2.20. The van der Waals surface area contributed by atoms with Crippen molar-refractivity contribution in [1.82, 2.24) is 4.31 Å². The van der Waals surface area contributed by atoms with Crippen LogP contribution in [0.3, 0.4) is 0 Å². The largest absolute Gasteiger partial charge is 0.301 e. The van der Waals surface area contributed by atoms with Crippen LogP contribution < -0.4 is 9.86 Å². The summed E-state index contributed by atoms with van der Waals surface area (Å²) in [5, 5.41) is 4.99. The molecule has 21 heavy (non-hydrogen) atoms. The summed E-state index contributed by atoms with van der Waals surface area (Å²) < 4.78 is 50.7. The van der Waals surface area contributed by atoms with Crippen molar-refractivity contribution in [2.45, 2.75) is 30.6 Å². The van der Waals surface area contributed by atoms with Crippen molar-refractivity contribution in [3.63, 3.8) is 0 Å². The van der Waals surface area contributed by atoms with Crippen LogP contribution in [0.25, 0.3) is 0 Å². The van der Waals surface area contributed by atoms with Gasteiger partial charge in [-0.25, -0.2) is 13.6 Å². The molecule has 118 valence electrons. The molecule has 0 spiro atoms. The Bertz CT molecular complexity index is 676. The number of nitrogens with one attached hydrogen (secondary N) is 1. The first kappa shape index (κ1) is 16.2. The smallest absolute Gasteiger partial charge is 0.271 e. The number of nitrogens with zero attached hydrogens (tertiary/aromatic N) is 1. The maximum atomic E-state index is 12.3. The van der Waals surface area contributed by atoms with Gasteiger partial charge in [0.05, 0.1) is 4.90 Å². The Morgan fingerprint density at radius 3 is 1.90 bits per heavy atom. The van der Waals surface area contributed by atoms with E-state index in [1.165, 1.54) is 28.6 Å². The molecule has 0 bridgehead atoms. The average molecular weight is 333 g/mol. The van der Waals surface area contributed by atoms with Gasteiger partial charge in [-0.2, -0.15) is 12.7 Å². The first-order chi connectivity index (χ1) is 9.79. The van der Waals surface area contributed by atoms with E-state index in [4.69, 9.17) is 5.14 Å². The van der Waals surface area contributed by atoms with Crippen LogP contribution in [0.1, 0.15) is 25.7 Å². The van der Waals surface area contributed by atoms with Crippen LogP contribution in [-0.4, -0.2) is 34.2 Å². The van der Waals surface area contributed by atoms with Crippen LogP contribution in [0.15, 0.2) is 29.2 Å². The van der Waals surface area contributed by atoms with E-state index in [1.807, 2.05) is 0 Å². The summed E-state index contributed by atoms with van der Waals surface area (Å²) in [6, 6.07) is 5.31. The maximum Gasteiger partial charge on any atom is 0.301 e. The second kappa shape index (κ2) is 6.30. The van der Waals surface area contributed by atoms with Crippen LogP contribution in [-0.2, 0) is 20.2 Å². The highest BCUT2D eigenvalue weighted by molar-refractivity contribution is 7.90. The van der Waals surface area contributed by atoms with Gasteiger partial charge in [-0.3, -0.25) is 4.72 Å². The number of hydrogen-bond acceptors (Lipinski definition) is 4. The Balaban J connectivity index is 2.12. The monoisotopic (exact) mass is 333 g/mol. The van der Waals surface area contributed by atoms with Crippen LogP contribution in [0, 0.1) is 0 Å². The molecule has 1 aromatic carbocycles. The normalized spacial score (nSPS) is 18.1. The Hall–Kier alpha value is -1.16. The first-order valence-corrected chi connectivity index (χ1v) is 9.68. The van der Waals surface area contributed by atoms with Crippen molar-refractivity contribution in [3.05, 3.63) is 24.3 Å². The third-order valence-corrected chi connectivity index (χ3v) is 5.80. The van der Waals surface area contributed by atoms with E-state index in [-0.39, 0.29) is 4.90 Å². The Labute approximate surface area is 125 Å². The van der Waals surface area contributed by atoms with Gasteiger partial charge in [0, 0.05) is 18.8 Å². The molecule has 1 fully saturated rings. The molecule has 0 aliphatic carbocycles. The molecule has 2 rings (SSSR count). The highest BCUT2D eigenvalue weighted by Gasteiger charge is 2.22. The fourth-order valence-electron chi connectivity index (χ4n) is 2.21. The number of primary sulfonamides is 1. The van der Waals surface area contributed by atoms with E-state index in [9.17, 15) is 16.8 Å². The molecular weight excluding hydrogens is 314 g/mol. The maximum absolute atomic E-state index is 12.3. The first-order valence-electron chi connectivity index (χ1n) is 6.70. The Morgan fingerprint density at radius 1 is 0.905 bits per heavy atom. The van der Waals surface area contributed by atoms with Crippen molar-refractivity contribution in [1.29, 1.82) is 0 Å². The molecule has 3 N–H and O–H groups in total. The second-order valence-electron chi connectivity index (χ2n) is 4.99. The van der Waals surface area contributed by atoms with E-state index in [0.29, 0.717) is 18.8 Å². The Kier molecular flexibility index (Phi) is 4.87. The van der Waals surface area contributed by atoms with Gasteiger partial charge in [0.15, 0.2) is 0 Å². The molecule has 1 heterocycles. The lowest BCUT2D eigenvalue weighted by atomic mass is 10.2. The third-order valence-electron chi connectivity index (χ3n) is 3.33. The summed E-state index contributed by atoms with van der Waals surface area (Å²) in [5.41, 5.74) is 0.312. The molecule has 9 heteroatoms. The summed E-state index contributed by atoms with van der Waals surface area (Å²) >= 11 is 0. The summed E-state index contributed by atoms with van der Waals surface area (Å²) in [7, 11) is -7.38. The summed E-state index contributed by atoms with van der Waals surface area (Å²) in [6.07, 6.45) is 3.78. The lowest BCUT2D eigenvalue weighted by molar-refractivity contribution is 0.427. The molecule has 0 unspecified atom stereocenters. The average Bonchev–Trinajstić information content (AvgIpc) is 2.67. The predicted octanol–water partition coefficient (Wildman–Crippen LogP) is 0.867. The zero-order valence-corrected chi connectivity index (χ0v) is 13.2. The third kappa shape index (κ3) is 4.40. The topological polar surface area (TPSA) is 110 Å². The van der Waals surface area contributed by atoms with Gasteiger partial charge in [-0.1, -0.05) is 12.8 Å². The minimum atomic E-state index is -3.78. The highest BCUT2D eigenvalue weighted by Crippen LogP contribution is 2.18. The fraction of sp³-hybridized carbons (Fsp3) is 0.500. The van der Waals surface area contributed by atoms with Gasteiger partial charge in [0.25, 0.3) is 0 Å². The molecule has 7 nitrogen and oxygen atoms in total. The number of benzene rings is 1. The van der Waals surface area contributed by atoms with Gasteiger partial charge in [0.2, 0.25) is 10.0 Å². The van der Waals surface area contributed by atoms with Crippen molar-refractivity contribution in [3.8, 4) is 0 Å². The number of sulfonamides is 1. The molecule has 0 saturated carbocycles. The summed E-state index contributed by atoms with van der Waals surface area (Å²) in [5.74, 6) is 0. The summed E-state index contributed by atoms with van der Waals surface area (Å²) in [4.78, 5) is -0.0554. The second-order valence-corrected chi connectivity index (χ2v) is 8.22. The van der Waals surface area contributed by atoms with E-state index >= 15 is 0 Å². The number of rotatable bonds is 4. The van der Waals surface area contributed by atoms with Crippen molar-refractivity contribution < 1.29 is 16.8 Å². The Morgan fingerprint density at radius 2 is 1.43 bits per heavy atom. The molecule has 0 atom stereocenters. The zero-order valence-electron chi connectivity index (χ0n) is 11.5. The fourth-order valence-corrected chi connectivity index (χ4v) is 4.03. The molecule has 1 saturated heterocycles. The summed E-state index contributed by atoms with van der Waals surface area (Å²) in [6.45, 7) is 1.01. The van der Waals surface area contributed by atoms with Crippen LogP contribution in [0.4, 0.5) is 5.69 Å². The van der Waals surface area contributed by atoms with Gasteiger partial charge < -0.3 is 0 Å². The molecule has 1 aromatic rings. The molecule has 0 aromatic heterocycles. The SMILES string of the molecule is NS(=O)(=O)c1ccc(NS(=O)(=O)N2CCCCCC2)cc1. The van der Waals surface area contributed by atoms with Crippen molar-refractivity contribution in [2.75, 3.05) is 17.8 Å². The van der Waals surface area contributed by atoms with Gasteiger partial charge >= 0.3 is 10.2 Å². The standard InChI is InChI=1S/C12H19N3O4S2/c13-20(16,17)12-7-5-11(6-8-12)14-21(18,19)15-9-3-1-2-4-10-15/h5-8,14H,1-4,9-10H2,(H2,13,16,17). The minimum Gasteiger partial charge on any atom is -0.271 e.